The summed E-state index contributed by atoms with van der Waals surface area (Å²) in [5, 5.41) is 5.49. The van der Waals surface area contributed by atoms with Crippen molar-refractivity contribution in [1.82, 2.24) is 10.2 Å². The Morgan fingerprint density at radius 3 is 2.40 bits per heavy atom. The molecule has 0 aliphatic rings. The fraction of sp³-hybridized carbons (Fsp3) is 0.292. The zero-order valence-electron chi connectivity index (χ0n) is 17.8. The van der Waals surface area contributed by atoms with E-state index in [1.54, 1.807) is 30.5 Å². The number of rotatable bonds is 9. The molecule has 1 heterocycles. The molecule has 5 nitrogen and oxygen atoms in total. The Bertz CT molecular complexity index is 958. The summed E-state index contributed by atoms with van der Waals surface area (Å²) in [4.78, 5) is 15.8. The summed E-state index contributed by atoms with van der Waals surface area (Å²) in [6, 6.07) is 18.2. The molecule has 3 aromatic rings. The number of ether oxygens (including phenoxy) is 2. The number of nitrogens with one attached hydrogen (secondary N) is 1. The molecule has 0 unspecified atom stereocenters. The molecule has 0 fully saturated rings. The summed E-state index contributed by atoms with van der Waals surface area (Å²) in [6.07, 6.45) is 0. The summed E-state index contributed by atoms with van der Waals surface area (Å²) in [5.74, 6) is 1.39. The van der Waals surface area contributed by atoms with Crippen LogP contribution < -0.4 is 14.8 Å². The number of hydrogen-bond donors (Lipinski definition) is 1. The minimum Gasteiger partial charge on any atom is -0.493 e. The number of benzene rings is 2. The van der Waals surface area contributed by atoms with Gasteiger partial charge in [0.05, 0.1) is 26.8 Å². The van der Waals surface area contributed by atoms with Crippen molar-refractivity contribution in [2.24, 2.45) is 0 Å². The van der Waals surface area contributed by atoms with Gasteiger partial charge in [-0.15, -0.1) is 11.3 Å². The van der Waals surface area contributed by atoms with E-state index in [9.17, 15) is 4.79 Å². The second kappa shape index (κ2) is 10.3. The molecule has 6 heteroatoms. The molecule has 1 aromatic heterocycles. The molecule has 0 spiro atoms. The zero-order chi connectivity index (χ0) is 21.5. The molecule has 0 bridgehead atoms. The molecular formula is C24H28N2O3S. The van der Waals surface area contributed by atoms with E-state index < -0.39 is 0 Å². The Balaban J connectivity index is 1.68. The first-order valence-electron chi connectivity index (χ1n) is 9.80. The number of likely N-dealkylation sites (N-methyl/N-ethyl adjacent to an activating group) is 1. The fourth-order valence-corrected chi connectivity index (χ4v) is 4.17. The lowest BCUT2D eigenvalue weighted by molar-refractivity contribution is -0.129. The Morgan fingerprint density at radius 2 is 1.77 bits per heavy atom. The van der Waals surface area contributed by atoms with Crippen LogP contribution >= 0.6 is 11.3 Å². The molecule has 0 saturated carbocycles. The molecule has 1 amide bonds. The van der Waals surface area contributed by atoms with E-state index in [1.165, 1.54) is 4.88 Å². The summed E-state index contributed by atoms with van der Waals surface area (Å²) >= 11 is 1.68. The summed E-state index contributed by atoms with van der Waals surface area (Å²) in [7, 11) is 5.06. The average molecular weight is 425 g/mol. The molecular weight excluding hydrogens is 396 g/mol. The van der Waals surface area contributed by atoms with Gasteiger partial charge in [-0.1, -0.05) is 36.4 Å². The third-order valence-electron chi connectivity index (χ3n) is 5.09. The standard InChI is InChI=1S/C24H28N2O3S/c1-17-13-20(28-3)21(29-4)14-19(17)16-26(2)23(27)15-25-24(22-11-8-12-30-22)18-9-6-5-7-10-18/h5-14,24-25H,15-16H2,1-4H3/t24-/m0/s1. The van der Waals surface area contributed by atoms with Crippen molar-refractivity contribution >= 4 is 17.2 Å². The maximum absolute atomic E-state index is 12.9. The van der Waals surface area contributed by atoms with Crippen molar-refractivity contribution in [3.8, 4) is 11.5 Å². The number of thiophene rings is 1. The molecule has 0 aliphatic heterocycles. The van der Waals surface area contributed by atoms with E-state index >= 15 is 0 Å². The van der Waals surface area contributed by atoms with E-state index in [2.05, 4.69) is 28.9 Å². The highest BCUT2D eigenvalue weighted by Crippen LogP contribution is 2.31. The largest absolute Gasteiger partial charge is 0.493 e. The third-order valence-corrected chi connectivity index (χ3v) is 6.03. The molecule has 1 N–H and O–H groups in total. The van der Waals surface area contributed by atoms with Crippen molar-refractivity contribution in [3.63, 3.8) is 0 Å². The number of nitrogens with zero attached hydrogens (tertiary/aromatic N) is 1. The van der Waals surface area contributed by atoms with E-state index in [0.717, 1.165) is 16.7 Å². The van der Waals surface area contributed by atoms with Gasteiger partial charge in [0.25, 0.3) is 0 Å². The second-order valence-electron chi connectivity index (χ2n) is 7.12. The molecule has 1 atom stereocenters. The van der Waals surface area contributed by atoms with Gasteiger partial charge in [0.15, 0.2) is 11.5 Å². The van der Waals surface area contributed by atoms with Crippen molar-refractivity contribution in [1.29, 1.82) is 0 Å². The van der Waals surface area contributed by atoms with Crippen LogP contribution in [0.3, 0.4) is 0 Å². The lowest BCUT2D eigenvalue weighted by atomic mass is 10.1. The second-order valence-corrected chi connectivity index (χ2v) is 8.10. The Hall–Kier alpha value is -2.83. The average Bonchev–Trinajstić information content (AvgIpc) is 3.30. The van der Waals surface area contributed by atoms with Crippen LogP contribution in [-0.4, -0.2) is 38.6 Å². The molecule has 0 radical (unpaired) electrons. The van der Waals surface area contributed by atoms with Crippen LogP contribution in [0, 0.1) is 6.92 Å². The van der Waals surface area contributed by atoms with Gasteiger partial charge >= 0.3 is 0 Å². The number of methoxy groups -OCH3 is 2. The van der Waals surface area contributed by atoms with Crippen molar-refractivity contribution in [3.05, 3.63) is 81.5 Å². The highest BCUT2D eigenvalue weighted by atomic mass is 32.1. The first kappa shape index (κ1) is 21.9. The highest BCUT2D eigenvalue weighted by molar-refractivity contribution is 7.10. The molecule has 0 saturated heterocycles. The van der Waals surface area contributed by atoms with Crippen molar-refractivity contribution < 1.29 is 14.3 Å². The van der Waals surface area contributed by atoms with E-state index in [-0.39, 0.29) is 18.5 Å². The zero-order valence-corrected chi connectivity index (χ0v) is 18.7. The first-order chi connectivity index (χ1) is 14.5. The van der Waals surface area contributed by atoms with Gasteiger partial charge in [-0.05, 0) is 47.2 Å². The monoisotopic (exact) mass is 424 g/mol. The van der Waals surface area contributed by atoms with Gasteiger partial charge in [0.2, 0.25) is 5.91 Å². The number of hydrogen-bond acceptors (Lipinski definition) is 5. The summed E-state index contributed by atoms with van der Waals surface area (Å²) in [5.41, 5.74) is 3.23. The van der Waals surface area contributed by atoms with Gasteiger partial charge in [-0.25, -0.2) is 0 Å². The van der Waals surface area contributed by atoms with Gasteiger partial charge in [-0.3, -0.25) is 10.1 Å². The maximum atomic E-state index is 12.9. The predicted octanol–water partition coefficient (Wildman–Crippen LogP) is 4.41. The van der Waals surface area contributed by atoms with Gasteiger partial charge in [0, 0.05) is 18.5 Å². The van der Waals surface area contributed by atoms with Crippen molar-refractivity contribution in [2.45, 2.75) is 19.5 Å². The van der Waals surface area contributed by atoms with Crippen molar-refractivity contribution in [2.75, 3.05) is 27.8 Å². The summed E-state index contributed by atoms with van der Waals surface area (Å²) in [6.45, 7) is 2.76. The number of carbonyl (C=O) groups excluding carboxylic acids is 1. The topological polar surface area (TPSA) is 50.8 Å². The van der Waals surface area contributed by atoms with Gasteiger partial charge in [-0.2, -0.15) is 0 Å². The minimum absolute atomic E-state index is 0.00799. The number of amides is 1. The maximum Gasteiger partial charge on any atom is 0.236 e. The van der Waals surface area contributed by atoms with E-state index in [0.29, 0.717) is 18.0 Å². The lowest BCUT2D eigenvalue weighted by Gasteiger charge is -2.23. The Morgan fingerprint density at radius 1 is 1.07 bits per heavy atom. The third kappa shape index (κ3) is 5.20. The van der Waals surface area contributed by atoms with Gasteiger partial charge < -0.3 is 14.4 Å². The molecule has 2 aromatic carbocycles. The fourth-order valence-electron chi connectivity index (χ4n) is 3.34. The molecule has 30 heavy (non-hydrogen) atoms. The summed E-state index contributed by atoms with van der Waals surface area (Å²) < 4.78 is 10.8. The number of aryl methyl sites for hydroxylation is 1. The van der Waals surface area contributed by atoms with Crippen LogP contribution in [0.2, 0.25) is 0 Å². The quantitative estimate of drug-likeness (QED) is 0.553. The Labute approximate surface area is 182 Å². The van der Waals surface area contributed by atoms with Crippen LogP contribution in [0.5, 0.6) is 11.5 Å². The van der Waals surface area contributed by atoms with E-state index in [4.69, 9.17) is 9.47 Å². The minimum atomic E-state index is -0.00799. The molecule has 0 aliphatic carbocycles. The molecule has 158 valence electrons. The predicted molar refractivity (Wildman–Crippen MR) is 121 cm³/mol. The smallest absolute Gasteiger partial charge is 0.236 e. The normalized spacial score (nSPS) is 11.7. The van der Waals surface area contributed by atoms with Crippen LogP contribution in [0.15, 0.2) is 60.0 Å². The van der Waals surface area contributed by atoms with Gasteiger partial charge in [0.1, 0.15) is 0 Å². The first-order valence-corrected chi connectivity index (χ1v) is 10.7. The lowest BCUT2D eigenvalue weighted by Crippen LogP contribution is -2.37. The van der Waals surface area contributed by atoms with Crippen LogP contribution in [0.25, 0.3) is 0 Å². The SMILES string of the molecule is COc1cc(C)c(CN(C)C(=O)CN[C@@H](c2ccccc2)c2cccs2)cc1OC. The highest BCUT2D eigenvalue weighted by Gasteiger charge is 2.18. The van der Waals surface area contributed by atoms with Crippen LogP contribution in [0.4, 0.5) is 0 Å². The Kier molecular flexibility index (Phi) is 7.49. The van der Waals surface area contributed by atoms with E-state index in [1.807, 2.05) is 50.4 Å². The van der Waals surface area contributed by atoms with Crippen LogP contribution in [-0.2, 0) is 11.3 Å². The van der Waals surface area contributed by atoms with Crippen LogP contribution in [0.1, 0.15) is 27.6 Å². The molecule has 3 rings (SSSR count). The number of carbonyl (C=O) groups is 1.